The number of nitrogens with zero attached hydrogens (tertiary/aromatic N) is 5. The monoisotopic (exact) mass is 522 g/mol. The first-order valence-electron chi connectivity index (χ1n) is 9.17. The molecular weight excluding hydrogens is 502 g/mol. The van der Waals surface area contributed by atoms with E-state index >= 15 is 0 Å². The minimum atomic E-state index is -4.80. The first kappa shape index (κ1) is 25.1. The lowest BCUT2D eigenvalue weighted by Gasteiger charge is -2.44. The van der Waals surface area contributed by atoms with Crippen LogP contribution in [0.2, 0.25) is 0 Å². The molecule has 0 radical (unpaired) electrons. The summed E-state index contributed by atoms with van der Waals surface area (Å²) in [4.78, 5) is 12.4. The molecule has 2 heterocycles. The van der Waals surface area contributed by atoms with Crippen molar-refractivity contribution in [2.24, 2.45) is 0 Å². The Hall–Kier alpha value is -2.48. The standard InChI is InChI=1S/C15H21N7O8S3/c1-8-7-22(31(23)24)9(2)6-21(8)15-19-13(16)18-14(20-15)17-11-5-10(32(25,26)27)3-4-12(11)33(28,29)30/h3-5,8-9H,6-7H2,1-2H3,(H,23,24)(H,25,26,27)(H,28,29,30)(H3,16,17,18,19,20)/p-1. The van der Waals surface area contributed by atoms with Crippen LogP contribution < -0.4 is 16.0 Å². The van der Waals surface area contributed by atoms with E-state index in [0.717, 1.165) is 18.2 Å². The second-order valence-electron chi connectivity index (χ2n) is 7.22. The van der Waals surface area contributed by atoms with Crippen LogP contribution >= 0.6 is 0 Å². The first-order valence-corrected chi connectivity index (χ1v) is 13.1. The maximum atomic E-state index is 11.7. The lowest BCUT2D eigenvalue weighted by Crippen LogP contribution is -2.57. The highest BCUT2D eigenvalue weighted by Gasteiger charge is 2.32. The average molecular weight is 523 g/mol. The Bertz CT molecular complexity index is 1300. The minimum absolute atomic E-state index is 0.0556. The van der Waals surface area contributed by atoms with Crippen LogP contribution in [-0.2, 0) is 31.5 Å². The van der Waals surface area contributed by atoms with Gasteiger partial charge in [-0.3, -0.25) is 13.3 Å². The van der Waals surface area contributed by atoms with E-state index in [4.69, 9.17) is 5.73 Å². The number of hydrogen-bond donors (Lipinski definition) is 4. The number of anilines is 4. The van der Waals surface area contributed by atoms with Gasteiger partial charge in [-0.15, -0.1) is 0 Å². The fourth-order valence-corrected chi connectivity index (χ4v) is 5.09. The van der Waals surface area contributed by atoms with Gasteiger partial charge in [-0.2, -0.15) is 31.8 Å². The number of nitrogens with one attached hydrogen (secondary N) is 1. The van der Waals surface area contributed by atoms with Crippen LogP contribution in [0.4, 0.5) is 23.5 Å². The molecule has 0 saturated carbocycles. The Balaban J connectivity index is 2.01. The predicted molar refractivity (Wildman–Crippen MR) is 115 cm³/mol. The van der Waals surface area contributed by atoms with Crippen LogP contribution in [0.3, 0.4) is 0 Å². The van der Waals surface area contributed by atoms with Gasteiger partial charge in [0.05, 0.1) is 10.6 Å². The number of hydrogen-bond acceptors (Lipinski definition) is 12. The van der Waals surface area contributed by atoms with E-state index in [0.29, 0.717) is 0 Å². The molecule has 1 fully saturated rings. The topological polar surface area (TPSA) is 232 Å². The Labute approximate surface area is 192 Å². The fraction of sp³-hybridized carbons (Fsp3) is 0.400. The summed E-state index contributed by atoms with van der Waals surface area (Å²) in [5.74, 6) is -0.499. The molecule has 2 aromatic rings. The van der Waals surface area contributed by atoms with E-state index in [2.05, 4.69) is 20.3 Å². The zero-order chi connectivity index (χ0) is 24.7. The second-order valence-corrected chi connectivity index (χ2v) is 10.9. The molecule has 1 aromatic heterocycles. The van der Waals surface area contributed by atoms with Crippen LogP contribution in [0.1, 0.15) is 13.8 Å². The number of nitrogen functional groups attached to an aromatic ring is 1. The van der Waals surface area contributed by atoms with Crippen LogP contribution in [-0.4, -0.2) is 79.1 Å². The Morgan fingerprint density at radius 2 is 1.76 bits per heavy atom. The molecule has 1 aliphatic heterocycles. The molecule has 5 N–H and O–H groups in total. The molecule has 0 bridgehead atoms. The van der Waals surface area contributed by atoms with Gasteiger partial charge < -0.3 is 20.5 Å². The zero-order valence-corrected chi connectivity index (χ0v) is 19.6. The summed E-state index contributed by atoms with van der Waals surface area (Å²) in [5.41, 5.74) is 5.31. The molecule has 1 aromatic carbocycles. The molecule has 3 unspecified atom stereocenters. The highest BCUT2D eigenvalue weighted by atomic mass is 32.2. The molecule has 0 aliphatic carbocycles. The highest BCUT2D eigenvalue weighted by molar-refractivity contribution is 7.86. The lowest BCUT2D eigenvalue weighted by molar-refractivity contribution is 0.263. The van der Waals surface area contributed by atoms with Crippen molar-refractivity contribution in [1.82, 2.24) is 19.3 Å². The molecule has 33 heavy (non-hydrogen) atoms. The number of piperazine rings is 1. The SMILES string of the molecule is CC1CN(S(=O)[O-])C(C)CN1c1nc(N)nc(Nc2cc(S(=O)(=O)O)ccc2S(=O)(=O)O)n1. The van der Waals surface area contributed by atoms with Gasteiger partial charge in [-0.25, -0.2) is 4.31 Å². The molecule has 1 aliphatic rings. The van der Waals surface area contributed by atoms with E-state index in [9.17, 15) is 34.7 Å². The number of nitrogens with two attached hydrogens (primary N) is 1. The summed E-state index contributed by atoms with van der Waals surface area (Å²) in [6.07, 6.45) is 0. The third kappa shape index (κ3) is 5.72. The third-order valence-corrected chi connectivity index (χ3v) is 7.44. The number of rotatable bonds is 6. The smallest absolute Gasteiger partial charge is 0.296 e. The van der Waals surface area contributed by atoms with Gasteiger partial charge in [0.2, 0.25) is 17.8 Å². The second kappa shape index (κ2) is 9.05. The normalized spacial score (nSPS) is 21.1. The largest absolute Gasteiger partial charge is 0.760 e. The number of benzene rings is 1. The van der Waals surface area contributed by atoms with Crippen LogP contribution in [0.15, 0.2) is 28.0 Å². The molecule has 3 atom stereocenters. The van der Waals surface area contributed by atoms with Crippen molar-refractivity contribution < 1.29 is 34.7 Å². The summed E-state index contributed by atoms with van der Waals surface area (Å²) in [6, 6.07) is 1.57. The molecule has 0 amide bonds. The summed E-state index contributed by atoms with van der Waals surface area (Å²) >= 11 is -2.41. The van der Waals surface area contributed by atoms with E-state index in [-0.39, 0.29) is 37.0 Å². The Morgan fingerprint density at radius 1 is 1.09 bits per heavy atom. The van der Waals surface area contributed by atoms with Crippen molar-refractivity contribution in [3.63, 3.8) is 0 Å². The van der Waals surface area contributed by atoms with Gasteiger partial charge >= 0.3 is 0 Å². The molecule has 18 heteroatoms. The molecule has 1 saturated heterocycles. The fourth-order valence-electron chi connectivity index (χ4n) is 3.26. The van der Waals surface area contributed by atoms with Gasteiger partial charge in [0.25, 0.3) is 20.2 Å². The molecule has 182 valence electrons. The van der Waals surface area contributed by atoms with E-state index < -0.39 is 53.0 Å². The van der Waals surface area contributed by atoms with Crippen molar-refractivity contribution in [2.75, 3.05) is 29.0 Å². The lowest BCUT2D eigenvalue weighted by atomic mass is 10.1. The van der Waals surface area contributed by atoms with Crippen molar-refractivity contribution in [3.8, 4) is 0 Å². The Morgan fingerprint density at radius 3 is 2.33 bits per heavy atom. The predicted octanol–water partition coefficient (Wildman–Crippen LogP) is -0.616. The minimum Gasteiger partial charge on any atom is -0.760 e. The summed E-state index contributed by atoms with van der Waals surface area (Å²) in [5, 5.41) is 2.47. The van der Waals surface area contributed by atoms with Crippen molar-refractivity contribution in [2.45, 2.75) is 35.7 Å². The van der Waals surface area contributed by atoms with Gasteiger partial charge in [0.15, 0.2) is 0 Å². The quantitative estimate of drug-likeness (QED) is 0.274. The van der Waals surface area contributed by atoms with E-state index in [1.54, 1.807) is 18.7 Å². The summed E-state index contributed by atoms with van der Waals surface area (Å²) < 4.78 is 89.1. The van der Waals surface area contributed by atoms with Crippen LogP contribution in [0.25, 0.3) is 0 Å². The molecule has 15 nitrogen and oxygen atoms in total. The highest BCUT2D eigenvalue weighted by Crippen LogP contribution is 2.28. The Kier molecular flexibility index (Phi) is 6.89. The third-order valence-electron chi connectivity index (χ3n) is 4.79. The van der Waals surface area contributed by atoms with Gasteiger partial charge in [-0.1, -0.05) is 0 Å². The van der Waals surface area contributed by atoms with Gasteiger partial charge in [-0.05, 0) is 32.0 Å². The van der Waals surface area contributed by atoms with Crippen molar-refractivity contribution in [1.29, 1.82) is 0 Å². The number of aromatic nitrogens is 3. The maximum absolute atomic E-state index is 11.7. The average Bonchev–Trinajstić information content (AvgIpc) is 2.67. The maximum Gasteiger partial charge on any atom is 0.296 e. The van der Waals surface area contributed by atoms with Crippen LogP contribution in [0.5, 0.6) is 0 Å². The van der Waals surface area contributed by atoms with Gasteiger partial charge in [0.1, 0.15) is 4.90 Å². The van der Waals surface area contributed by atoms with Crippen molar-refractivity contribution >= 4 is 55.0 Å². The first-order chi connectivity index (χ1) is 15.2. The molecular formula is C15H20N7O8S3-. The van der Waals surface area contributed by atoms with Crippen LogP contribution in [0, 0.1) is 0 Å². The van der Waals surface area contributed by atoms with Crippen molar-refractivity contribution in [3.05, 3.63) is 18.2 Å². The molecule has 3 rings (SSSR count). The molecule has 0 spiro atoms. The van der Waals surface area contributed by atoms with E-state index in [1.165, 1.54) is 4.31 Å². The summed E-state index contributed by atoms with van der Waals surface area (Å²) in [6.45, 7) is 3.80. The zero-order valence-electron chi connectivity index (χ0n) is 17.2. The summed E-state index contributed by atoms with van der Waals surface area (Å²) in [7, 11) is -9.50. The van der Waals surface area contributed by atoms with E-state index in [1.807, 2.05) is 0 Å². The van der Waals surface area contributed by atoms with Gasteiger partial charge in [0, 0.05) is 36.4 Å².